The number of imidazole rings is 1. The molecule has 0 aromatic carbocycles. The van der Waals surface area contributed by atoms with E-state index in [1.54, 1.807) is 0 Å². The zero-order valence-corrected chi connectivity index (χ0v) is 8.20. The summed E-state index contributed by atoms with van der Waals surface area (Å²) in [6.07, 6.45) is 6.31. The molecule has 0 bridgehead atoms. The lowest BCUT2D eigenvalue weighted by atomic mass is 10.2. The van der Waals surface area contributed by atoms with Crippen LogP contribution < -0.4 is 0 Å². The third-order valence-electron chi connectivity index (χ3n) is 2.36. The Bertz CT molecular complexity index is 268. The van der Waals surface area contributed by atoms with Crippen LogP contribution in [0.2, 0.25) is 0 Å². The molecule has 0 aliphatic carbocycles. The highest BCUT2D eigenvalue weighted by atomic mass is 35.5. The molecule has 1 aromatic rings. The Morgan fingerprint density at radius 2 is 2.62 bits per heavy atom. The van der Waals surface area contributed by atoms with Gasteiger partial charge in [-0.25, -0.2) is 4.98 Å². The van der Waals surface area contributed by atoms with Crippen LogP contribution in [0.1, 0.15) is 18.5 Å². The lowest BCUT2D eigenvalue weighted by molar-refractivity contribution is 0.0965. The van der Waals surface area contributed by atoms with E-state index in [1.807, 2.05) is 12.5 Å². The molecule has 2 rings (SSSR count). The second-order valence-corrected chi connectivity index (χ2v) is 3.57. The number of hydrogen-bond acceptors (Lipinski definition) is 2. The molecule has 1 atom stereocenters. The normalized spacial score (nSPS) is 22.4. The van der Waals surface area contributed by atoms with Crippen LogP contribution in [0.3, 0.4) is 0 Å². The lowest BCUT2D eigenvalue weighted by Gasteiger charge is -2.11. The van der Waals surface area contributed by atoms with E-state index < -0.39 is 0 Å². The minimum Gasteiger partial charge on any atom is -0.376 e. The molecule has 1 aliphatic heterocycles. The van der Waals surface area contributed by atoms with Crippen LogP contribution in [0.4, 0.5) is 0 Å². The number of aromatic nitrogens is 2. The molecule has 0 saturated carbocycles. The fraction of sp³-hybridized carbons (Fsp3) is 0.667. The maximum atomic E-state index is 5.76. The van der Waals surface area contributed by atoms with Gasteiger partial charge in [0.05, 0.1) is 30.5 Å². The molecule has 13 heavy (non-hydrogen) atoms. The van der Waals surface area contributed by atoms with Crippen molar-refractivity contribution in [2.24, 2.45) is 0 Å². The first-order chi connectivity index (χ1) is 6.40. The second-order valence-electron chi connectivity index (χ2n) is 3.31. The van der Waals surface area contributed by atoms with E-state index >= 15 is 0 Å². The molecule has 4 heteroatoms. The van der Waals surface area contributed by atoms with E-state index in [1.165, 1.54) is 6.42 Å². The van der Waals surface area contributed by atoms with Crippen molar-refractivity contribution >= 4 is 11.6 Å². The van der Waals surface area contributed by atoms with Crippen molar-refractivity contribution in [2.45, 2.75) is 31.4 Å². The van der Waals surface area contributed by atoms with Crippen molar-refractivity contribution in [3.05, 3.63) is 18.2 Å². The van der Waals surface area contributed by atoms with E-state index in [4.69, 9.17) is 16.3 Å². The molecule has 0 unspecified atom stereocenters. The van der Waals surface area contributed by atoms with Crippen molar-refractivity contribution in [3.63, 3.8) is 0 Å². The molecular weight excluding hydrogens is 188 g/mol. The van der Waals surface area contributed by atoms with Crippen molar-refractivity contribution in [3.8, 4) is 0 Å². The highest BCUT2D eigenvalue weighted by molar-refractivity contribution is 6.16. The molecule has 0 amide bonds. The Balaban J connectivity index is 1.99. The molecule has 0 N–H and O–H groups in total. The quantitative estimate of drug-likeness (QED) is 0.696. The highest BCUT2D eigenvalue weighted by Crippen LogP contribution is 2.15. The van der Waals surface area contributed by atoms with E-state index in [0.717, 1.165) is 25.3 Å². The van der Waals surface area contributed by atoms with Crippen LogP contribution in [-0.2, 0) is 17.2 Å². The van der Waals surface area contributed by atoms with E-state index in [2.05, 4.69) is 9.55 Å². The van der Waals surface area contributed by atoms with Gasteiger partial charge in [-0.2, -0.15) is 0 Å². The average Bonchev–Trinajstić information content (AvgIpc) is 2.76. The number of alkyl halides is 1. The van der Waals surface area contributed by atoms with Gasteiger partial charge in [0.15, 0.2) is 0 Å². The van der Waals surface area contributed by atoms with Gasteiger partial charge in [-0.15, -0.1) is 11.6 Å². The van der Waals surface area contributed by atoms with Crippen molar-refractivity contribution < 1.29 is 4.74 Å². The fourth-order valence-electron chi connectivity index (χ4n) is 1.63. The van der Waals surface area contributed by atoms with Gasteiger partial charge in [0, 0.05) is 12.8 Å². The van der Waals surface area contributed by atoms with Crippen molar-refractivity contribution in [1.29, 1.82) is 0 Å². The van der Waals surface area contributed by atoms with Gasteiger partial charge in [0.25, 0.3) is 0 Å². The zero-order valence-electron chi connectivity index (χ0n) is 7.45. The zero-order chi connectivity index (χ0) is 9.10. The first-order valence-electron chi connectivity index (χ1n) is 4.56. The largest absolute Gasteiger partial charge is 0.376 e. The van der Waals surface area contributed by atoms with Crippen LogP contribution in [0, 0.1) is 0 Å². The summed E-state index contributed by atoms with van der Waals surface area (Å²) in [5, 5.41) is 0. The van der Waals surface area contributed by atoms with Gasteiger partial charge in [0.1, 0.15) is 0 Å². The first kappa shape index (κ1) is 9.03. The average molecular weight is 201 g/mol. The van der Waals surface area contributed by atoms with Crippen LogP contribution in [0.15, 0.2) is 12.5 Å². The maximum Gasteiger partial charge on any atom is 0.0949 e. The smallest absolute Gasteiger partial charge is 0.0949 e. The molecular formula is C9H13ClN2O. The molecule has 0 radical (unpaired) electrons. The Morgan fingerprint density at radius 3 is 3.31 bits per heavy atom. The molecule has 72 valence electrons. The third kappa shape index (κ3) is 2.03. The van der Waals surface area contributed by atoms with Crippen LogP contribution in [0.5, 0.6) is 0 Å². The molecule has 0 spiro atoms. The monoisotopic (exact) mass is 200 g/mol. The van der Waals surface area contributed by atoms with Crippen molar-refractivity contribution in [2.75, 3.05) is 6.61 Å². The fourth-order valence-corrected chi connectivity index (χ4v) is 1.85. The van der Waals surface area contributed by atoms with Crippen LogP contribution in [0.25, 0.3) is 0 Å². The SMILES string of the molecule is ClCc1cncn1C[C@H]1CCCO1. The van der Waals surface area contributed by atoms with Crippen molar-refractivity contribution in [1.82, 2.24) is 9.55 Å². The Kier molecular flexibility index (Phi) is 2.86. The summed E-state index contributed by atoms with van der Waals surface area (Å²) in [5.74, 6) is 0.521. The summed E-state index contributed by atoms with van der Waals surface area (Å²) in [4.78, 5) is 4.06. The van der Waals surface area contributed by atoms with Gasteiger partial charge >= 0.3 is 0 Å². The Labute approximate surface area is 82.7 Å². The standard InChI is InChI=1S/C9H13ClN2O/c10-4-8-5-11-7-12(8)6-9-2-1-3-13-9/h5,7,9H,1-4,6H2/t9-/m1/s1. The number of nitrogens with zero attached hydrogens (tertiary/aromatic N) is 2. The Morgan fingerprint density at radius 1 is 1.69 bits per heavy atom. The van der Waals surface area contributed by atoms with Gasteiger partial charge in [0.2, 0.25) is 0 Å². The number of ether oxygens (including phenoxy) is 1. The number of rotatable bonds is 3. The molecule has 2 heterocycles. The molecule has 1 fully saturated rings. The van der Waals surface area contributed by atoms with Gasteiger partial charge in [-0.05, 0) is 12.8 Å². The topological polar surface area (TPSA) is 27.1 Å². The van der Waals surface area contributed by atoms with Crippen LogP contribution in [-0.4, -0.2) is 22.3 Å². The summed E-state index contributed by atoms with van der Waals surface area (Å²) in [5.41, 5.74) is 1.07. The molecule has 1 saturated heterocycles. The van der Waals surface area contributed by atoms with Gasteiger partial charge < -0.3 is 9.30 Å². The molecule has 1 aromatic heterocycles. The summed E-state index contributed by atoms with van der Waals surface area (Å²) < 4.78 is 7.61. The maximum absolute atomic E-state index is 5.76. The van der Waals surface area contributed by atoms with Gasteiger partial charge in [-0.1, -0.05) is 0 Å². The summed E-state index contributed by atoms with van der Waals surface area (Å²) in [7, 11) is 0. The second kappa shape index (κ2) is 4.11. The molecule has 3 nitrogen and oxygen atoms in total. The Hall–Kier alpha value is -0.540. The summed E-state index contributed by atoms with van der Waals surface area (Å²) in [6.45, 7) is 1.79. The van der Waals surface area contributed by atoms with Crippen LogP contribution >= 0.6 is 11.6 Å². The number of halogens is 1. The predicted molar refractivity (Wildman–Crippen MR) is 50.8 cm³/mol. The highest BCUT2D eigenvalue weighted by Gasteiger charge is 2.16. The first-order valence-corrected chi connectivity index (χ1v) is 5.10. The van der Waals surface area contributed by atoms with E-state index in [-0.39, 0.29) is 0 Å². The van der Waals surface area contributed by atoms with E-state index in [9.17, 15) is 0 Å². The van der Waals surface area contributed by atoms with E-state index in [0.29, 0.717) is 12.0 Å². The minimum atomic E-state index is 0.358. The van der Waals surface area contributed by atoms with Gasteiger partial charge in [-0.3, -0.25) is 0 Å². The lowest BCUT2D eigenvalue weighted by Crippen LogP contribution is -2.15. The predicted octanol–water partition coefficient (Wildman–Crippen LogP) is 1.80. The third-order valence-corrected chi connectivity index (χ3v) is 2.63. The molecule has 1 aliphatic rings. The minimum absolute atomic E-state index is 0.358. The summed E-state index contributed by atoms with van der Waals surface area (Å²) >= 11 is 5.76. The summed E-state index contributed by atoms with van der Waals surface area (Å²) in [6, 6.07) is 0. The number of hydrogen-bond donors (Lipinski definition) is 0.